The molecule has 2 aromatic rings. The van der Waals surface area contributed by atoms with E-state index in [2.05, 4.69) is 21.2 Å². The van der Waals surface area contributed by atoms with E-state index < -0.39 is 0 Å². The maximum absolute atomic E-state index is 13.3. The van der Waals surface area contributed by atoms with Crippen LogP contribution in [-0.4, -0.2) is 6.54 Å². The molecule has 0 saturated carbocycles. The molecular formula is C15H14BrClFNO. The molecule has 20 heavy (non-hydrogen) atoms. The first-order valence-electron chi connectivity index (χ1n) is 6.21. The summed E-state index contributed by atoms with van der Waals surface area (Å²) < 4.78 is 19.5. The van der Waals surface area contributed by atoms with Crippen LogP contribution in [0.25, 0.3) is 0 Å². The van der Waals surface area contributed by atoms with Gasteiger partial charge in [-0.2, -0.15) is 0 Å². The summed E-state index contributed by atoms with van der Waals surface area (Å²) in [4.78, 5) is 0. The van der Waals surface area contributed by atoms with E-state index in [-0.39, 0.29) is 5.82 Å². The largest absolute Gasteiger partial charge is 0.456 e. The summed E-state index contributed by atoms with van der Waals surface area (Å²) in [5.41, 5.74) is 1.07. The van der Waals surface area contributed by atoms with Gasteiger partial charge in [0.1, 0.15) is 17.3 Å². The van der Waals surface area contributed by atoms with Crippen molar-refractivity contribution in [1.29, 1.82) is 0 Å². The average Bonchev–Trinajstić information content (AvgIpc) is 2.38. The molecule has 0 unspecified atom stereocenters. The molecule has 0 spiro atoms. The molecule has 0 bridgehead atoms. The van der Waals surface area contributed by atoms with E-state index in [1.807, 2.05) is 19.1 Å². The smallest absolute Gasteiger partial charge is 0.146 e. The Morgan fingerprint density at radius 1 is 1.25 bits per heavy atom. The van der Waals surface area contributed by atoms with Gasteiger partial charge in [-0.15, -0.1) is 0 Å². The second-order valence-electron chi connectivity index (χ2n) is 4.25. The Morgan fingerprint density at radius 3 is 2.70 bits per heavy atom. The van der Waals surface area contributed by atoms with E-state index in [1.165, 1.54) is 12.1 Å². The van der Waals surface area contributed by atoms with Crippen molar-refractivity contribution < 1.29 is 9.13 Å². The SMILES string of the molecule is CCNCc1ccc(Oc2cc(F)cc(Br)c2)c(Cl)c1. The predicted octanol–water partition coefficient (Wildman–Crippen LogP) is 5.14. The highest BCUT2D eigenvalue weighted by atomic mass is 79.9. The fourth-order valence-electron chi connectivity index (χ4n) is 1.72. The van der Waals surface area contributed by atoms with Crippen molar-refractivity contribution in [2.75, 3.05) is 6.54 Å². The number of ether oxygens (including phenoxy) is 1. The lowest BCUT2D eigenvalue weighted by atomic mass is 10.2. The molecule has 0 heterocycles. The Hall–Kier alpha value is -1.10. The van der Waals surface area contributed by atoms with Crippen LogP contribution in [-0.2, 0) is 6.54 Å². The van der Waals surface area contributed by atoms with Gasteiger partial charge >= 0.3 is 0 Å². The van der Waals surface area contributed by atoms with Crippen LogP contribution in [0.5, 0.6) is 11.5 Å². The molecule has 1 N–H and O–H groups in total. The summed E-state index contributed by atoms with van der Waals surface area (Å²) >= 11 is 9.40. The predicted molar refractivity (Wildman–Crippen MR) is 83.0 cm³/mol. The molecular weight excluding hydrogens is 345 g/mol. The second-order valence-corrected chi connectivity index (χ2v) is 5.58. The van der Waals surface area contributed by atoms with Crippen LogP contribution >= 0.6 is 27.5 Å². The summed E-state index contributed by atoms with van der Waals surface area (Å²) in [6, 6.07) is 9.92. The first-order valence-corrected chi connectivity index (χ1v) is 7.38. The molecule has 0 aromatic heterocycles. The highest BCUT2D eigenvalue weighted by Crippen LogP contribution is 2.31. The molecule has 0 aliphatic heterocycles. The Morgan fingerprint density at radius 2 is 2.05 bits per heavy atom. The molecule has 5 heteroatoms. The highest BCUT2D eigenvalue weighted by Gasteiger charge is 2.06. The lowest BCUT2D eigenvalue weighted by molar-refractivity contribution is 0.476. The number of hydrogen-bond donors (Lipinski definition) is 1. The first-order chi connectivity index (χ1) is 9.58. The molecule has 0 fully saturated rings. The Labute approximate surface area is 131 Å². The van der Waals surface area contributed by atoms with Crippen LogP contribution < -0.4 is 10.1 Å². The number of rotatable bonds is 5. The van der Waals surface area contributed by atoms with Crippen molar-refractivity contribution in [3.05, 3.63) is 57.3 Å². The lowest BCUT2D eigenvalue weighted by Crippen LogP contribution is -2.11. The number of nitrogens with one attached hydrogen (secondary N) is 1. The monoisotopic (exact) mass is 357 g/mol. The summed E-state index contributed by atoms with van der Waals surface area (Å²) in [7, 11) is 0. The molecule has 2 rings (SSSR count). The zero-order valence-electron chi connectivity index (χ0n) is 10.9. The van der Waals surface area contributed by atoms with Gasteiger partial charge in [0.05, 0.1) is 5.02 Å². The summed E-state index contributed by atoms with van der Waals surface area (Å²) in [6.07, 6.45) is 0. The molecule has 0 radical (unpaired) electrons. The van der Waals surface area contributed by atoms with Gasteiger partial charge in [0, 0.05) is 17.1 Å². The van der Waals surface area contributed by atoms with Crippen LogP contribution in [0.2, 0.25) is 5.02 Å². The first kappa shape index (κ1) is 15.3. The molecule has 2 nitrogen and oxygen atoms in total. The molecule has 0 saturated heterocycles. The maximum atomic E-state index is 13.3. The molecule has 0 aliphatic carbocycles. The molecule has 2 aromatic carbocycles. The fourth-order valence-corrected chi connectivity index (χ4v) is 2.41. The van der Waals surface area contributed by atoms with Gasteiger partial charge in [-0.1, -0.05) is 40.5 Å². The molecule has 106 valence electrons. The summed E-state index contributed by atoms with van der Waals surface area (Å²) in [6.45, 7) is 3.69. The quantitative estimate of drug-likeness (QED) is 0.798. The van der Waals surface area contributed by atoms with Gasteiger partial charge in [-0.25, -0.2) is 4.39 Å². The average molecular weight is 359 g/mol. The van der Waals surface area contributed by atoms with Crippen LogP contribution in [0.4, 0.5) is 4.39 Å². The van der Waals surface area contributed by atoms with Crippen molar-refractivity contribution in [2.45, 2.75) is 13.5 Å². The number of halogens is 3. The minimum atomic E-state index is -0.366. The van der Waals surface area contributed by atoms with Crippen molar-refractivity contribution >= 4 is 27.5 Å². The van der Waals surface area contributed by atoms with Gasteiger partial charge < -0.3 is 10.1 Å². The Bertz CT molecular complexity index is 586. The lowest BCUT2D eigenvalue weighted by Gasteiger charge is -2.10. The standard InChI is InChI=1S/C15H14BrClFNO/c1-2-19-9-10-3-4-15(14(17)5-10)20-13-7-11(16)6-12(18)8-13/h3-8,19H,2,9H2,1H3. The van der Waals surface area contributed by atoms with Crippen LogP contribution in [0.1, 0.15) is 12.5 Å². The van der Waals surface area contributed by atoms with Gasteiger partial charge in [-0.05, 0) is 36.4 Å². The van der Waals surface area contributed by atoms with E-state index in [1.54, 1.807) is 12.1 Å². The van der Waals surface area contributed by atoms with Crippen molar-refractivity contribution in [2.24, 2.45) is 0 Å². The van der Waals surface area contributed by atoms with E-state index in [0.29, 0.717) is 21.0 Å². The van der Waals surface area contributed by atoms with Crippen molar-refractivity contribution in [3.63, 3.8) is 0 Å². The second kappa shape index (κ2) is 7.07. The zero-order valence-corrected chi connectivity index (χ0v) is 13.3. The number of benzene rings is 2. The minimum absolute atomic E-state index is 0.366. The van der Waals surface area contributed by atoms with E-state index in [4.69, 9.17) is 16.3 Å². The third-order valence-corrected chi connectivity index (χ3v) is 3.39. The van der Waals surface area contributed by atoms with Gasteiger partial charge in [-0.3, -0.25) is 0 Å². The third-order valence-electron chi connectivity index (χ3n) is 2.64. The normalized spacial score (nSPS) is 10.6. The van der Waals surface area contributed by atoms with E-state index in [9.17, 15) is 4.39 Å². The molecule has 0 amide bonds. The van der Waals surface area contributed by atoms with Gasteiger partial charge in [0.15, 0.2) is 0 Å². The Kier molecular flexibility index (Phi) is 5.40. The topological polar surface area (TPSA) is 21.3 Å². The van der Waals surface area contributed by atoms with E-state index in [0.717, 1.165) is 18.7 Å². The van der Waals surface area contributed by atoms with Crippen molar-refractivity contribution in [1.82, 2.24) is 5.32 Å². The third kappa shape index (κ3) is 4.20. The zero-order chi connectivity index (χ0) is 14.5. The fraction of sp³-hybridized carbons (Fsp3) is 0.200. The van der Waals surface area contributed by atoms with Crippen LogP contribution in [0.3, 0.4) is 0 Å². The summed E-state index contributed by atoms with van der Waals surface area (Å²) in [5.74, 6) is 0.539. The summed E-state index contributed by atoms with van der Waals surface area (Å²) in [5, 5.41) is 3.72. The molecule has 0 aliphatic rings. The van der Waals surface area contributed by atoms with Crippen molar-refractivity contribution in [3.8, 4) is 11.5 Å². The Balaban J connectivity index is 2.16. The molecule has 0 atom stereocenters. The minimum Gasteiger partial charge on any atom is -0.456 e. The maximum Gasteiger partial charge on any atom is 0.146 e. The number of hydrogen-bond acceptors (Lipinski definition) is 2. The highest BCUT2D eigenvalue weighted by molar-refractivity contribution is 9.10. The van der Waals surface area contributed by atoms with Gasteiger partial charge in [0.2, 0.25) is 0 Å². The van der Waals surface area contributed by atoms with Gasteiger partial charge in [0.25, 0.3) is 0 Å². The van der Waals surface area contributed by atoms with E-state index >= 15 is 0 Å². The van der Waals surface area contributed by atoms with Crippen LogP contribution in [0, 0.1) is 5.82 Å². The van der Waals surface area contributed by atoms with Crippen LogP contribution in [0.15, 0.2) is 40.9 Å².